The Hall–Kier alpha value is -2.87. The van der Waals surface area contributed by atoms with E-state index in [1.54, 1.807) is 18.2 Å². The molecule has 0 aliphatic carbocycles. The second-order valence-corrected chi connectivity index (χ2v) is 4.55. The molecular weight excluding hydrogens is 266 g/mol. The smallest absolute Gasteiger partial charge is 0.274 e. The molecule has 106 valence electrons. The minimum atomic E-state index is -0.372. The first-order valence-corrected chi connectivity index (χ1v) is 6.61. The summed E-state index contributed by atoms with van der Waals surface area (Å²) in [6.45, 7) is 0.940. The fraction of sp³-hybridized carbons (Fsp3) is 0.188. The van der Waals surface area contributed by atoms with Crippen molar-refractivity contribution in [3.8, 4) is 6.07 Å². The number of nitrogens with zero attached hydrogens (tertiary/aromatic N) is 3. The SMILES string of the molecule is N#CCCN(Cc1ccccc1[N+](=O)[O-])c1ccccc1. The van der Waals surface area contributed by atoms with Gasteiger partial charge in [-0.1, -0.05) is 36.4 Å². The maximum Gasteiger partial charge on any atom is 0.274 e. The third-order valence-corrected chi connectivity index (χ3v) is 3.16. The van der Waals surface area contributed by atoms with Crippen LogP contribution < -0.4 is 4.90 Å². The molecule has 0 aliphatic rings. The lowest BCUT2D eigenvalue weighted by molar-refractivity contribution is -0.385. The zero-order chi connectivity index (χ0) is 15.1. The molecule has 0 N–H and O–H groups in total. The Bertz CT molecular complexity index is 650. The highest BCUT2D eigenvalue weighted by molar-refractivity contribution is 5.49. The summed E-state index contributed by atoms with van der Waals surface area (Å²) in [6, 6.07) is 18.4. The van der Waals surface area contributed by atoms with Gasteiger partial charge in [0.05, 0.1) is 17.4 Å². The van der Waals surface area contributed by atoms with Crippen LogP contribution in [-0.4, -0.2) is 11.5 Å². The lowest BCUT2D eigenvalue weighted by Gasteiger charge is -2.23. The summed E-state index contributed by atoms with van der Waals surface area (Å²) in [5.74, 6) is 0. The maximum absolute atomic E-state index is 11.1. The lowest BCUT2D eigenvalue weighted by atomic mass is 10.1. The molecule has 0 bridgehead atoms. The molecule has 0 saturated carbocycles. The summed E-state index contributed by atoms with van der Waals surface area (Å²) in [7, 11) is 0. The second kappa shape index (κ2) is 7.06. The van der Waals surface area contributed by atoms with E-state index < -0.39 is 0 Å². The first-order valence-electron chi connectivity index (χ1n) is 6.61. The summed E-state index contributed by atoms with van der Waals surface area (Å²) in [5.41, 5.74) is 1.70. The molecule has 0 heterocycles. The Morgan fingerprint density at radius 2 is 1.76 bits per heavy atom. The van der Waals surface area contributed by atoms with E-state index in [0.29, 0.717) is 25.1 Å². The van der Waals surface area contributed by atoms with Gasteiger partial charge in [0, 0.05) is 30.4 Å². The van der Waals surface area contributed by atoms with Gasteiger partial charge in [-0.15, -0.1) is 0 Å². The molecule has 0 fully saturated rings. The van der Waals surface area contributed by atoms with E-state index in [4.69, 9.17) is 5.26 Å². The van der Waals surface area contributed by atoms with Gasteiger partial charge in [0.15, 0.2) is 0 Å². The molecule has 5 heteroatoms. The van der Waals surface area contributed by atoms with Gasteiger partial charge < -0.3 is 4.90 Å². The van der Waals surface area contributed by atoms with E-state index in [1.807, 2.05) is 35.2 Å². The van der Waals surface area contributed by atoms with Gasteiger partial charge in [-0.3, -0.25) is 10.1 Å². The predicted octanol–water partition coefficient (Wildman–Crippen LogP) is 3.52. The van der Waals surface area contributed by atoms with Gasteiger partial charge >= 0.3 is 0 Å². The molecule has 0 aromatic heterocycles. The van der Waals surface area contributed by atoms with Crippen molar-refractivity contribution in [2.45, 2.75) is 13.0 Å². The molecule has 0 aliphatic heterocycles. The van der Waals surface area contributed by atoms with E-state index in [-0.39, 0.29) is 10.6 Å². The maximum atomic E-state index is 11.1. The molecule has 21 heavy (non-hydrogen) atoms. The van der Waals surface area contributed by atoms with E-state index in [9.17, 15) is 10.1 Å². The predicted molar refractivity (Wildman–Crippen MR) is 80.8 cm³/mol. The van der Waals surface area contributed by atoms with Crippen LogP contribution in [-0.2, 0) is 6.54 Å². The first-order chi connectivity index (χ1) is 10.2. The zero-order valence-corrected chi connectivity index (χ0v) is 11.5. The number of benzene rings is 2. The fourth-order valence-electron chi connectivity index (χ4n) is 2.15. The van der Waals surface area contributed by atoms with Crippen LogP contribution in [0.1, 0.15) is 12.0 Å². The molecule has 5 nitrogen and oxygen atoms in total. The molecule has 0 unspecified atom stereocenters. The quantitative estimate of drug-likeness (QED) is 0.600. The number of nitro groups is 1. The Labute approximate surface area is 123 Å². The van der Waals surface area contributed by atoms with Gasteiger partial charge in [0.1, 0.15) is 0 Å². The van der Waals surface area contributed by atoms with Gasteiger partial charge in [-0.2, -0.15) is 5.26 Å². The molecule has 2 aromatic rings. The van der Waals surface area contributed by atoms with Crippen molar-refractivity contribution in [3.63, 3.8) is 0 Å². The summed E-state index contributed by atoms with van der Waals surface area (Å²) >= 11 is 0. The Morgan fingerprint density at radius 1 is 1.10 bits per heavy atom. The summed E-state index contributed by atoms with van der Waals surface area (Å²) in [5, 5.41) is 19.9. The molecule has 0 amide bonds. The monoisotopic (exact) mass is 281 g/mol. The Kier molecular flexibility index (Phi) is 4.89. The first kappa shape index (κ1) is 14.5. The topological polar surface area (TPSA) is 70.2 Å². The van der Waals surface area contributed by atoms with Crippen LogP contribution in [0.25, 0.3) is 0 Å². The largest absolute Gasteiger partial charge is 0.366 e. The van der Waals surface area contributed by atoms with Gasteiger partial charge in [0.25, 0.3) is 5.69 Å². The van der Waals surface area contributed by atoms with Crippen LogP contribution in [0.5, 0.6) is 0 Å². The third kappa shape index (κ3) is 3.80. The van der Waals surface area contributed by atoms with E-state index in [0.717, 1.165) is 5.69 Å². The summed E-state index contributed by atoms with van der Waals surface area (Å²) < 4.78 is 0. The summed E-state index contributed by atoms with van der Waals surface area (Å²) in [4.78, 5) is 12.7. The van der Waals surface area contributed by atoms with E-state index in [2.05, 4.69) is 6.07 Å². The molecular formula is C16H15N3O2. The van der Waals surface area contributed by atoms with Crippen molar-refractivity contribution in [1.82, 2.24) is 0 Å². The average molecular weight is 281 g/mol. The number of para-hydroxylation sites is 2. The minimum absolute atomic E-state index is 0.107. The number of anilines is 1. The van der Waals surface area contributed by atoms with Crippen molar-refractivity contribution in [3.05, 3.63) is 70.3 Å². The molecule has 0 saturated heterocycles. The Balaban J connectivity index is 2.28. The zero-order valence-electron chi connectivity index (χ0n) is 11.5. The van der Waals surface area contributed by atoms with Crippen LogP contribution >= 0.6 is 0 Å². The highest BCUT2D eigenvalue weighted by atomic mass is 16.6. The highest BCUT2D eigenvalue weighted by Crippen LogP contribution is 2.23. The van der Waals surface area contributed by atoms with Gasteiger partial charge in [-0.25, -0.2) is 0 Å². The Morgan fingerprint density at radius 3 is 2.43 bits per heavy atom. The number of hydrogen-bond acceptors (Lipinski definition) is 4. The molecule has 0 spiro atoms. The normalized spacial score (nSPS) is 9.86. The highest BCUT2D eigenvalue weighted by Gasteiger charge is 2.15. The lowest BCUT2D eigenvalue weighted by Crippen LogP contribution is -2.24. The van der Waals surface area contributed by atoms with Crippen LogP contribution in [0, 0.1) is 21.4 Å². The number of hydrogen-bond donors (Lipinski definition) is 0. The van der Waals surface area contributed by atoms with Crippen molar-refractivity contribution in [2.75, 3.05) is 11.4 Å². The molecule has 2 aromatic carbocycles. The van der Waals surface area contributed by atoms with Crippen molar-refractivity contribution in [1.29, 1.82) is 5.26 Å². The average Bonchev–Trinajstić information content (AvgIpc) is 2.52. The summed E-state index contributed by atoms with van der Waals surface area (Å²) in [6.07, 6.45) is 0.371. The number of nitriles is 1. The number of nitro benzene ring substituents is 1. The number of rotatable bonds is 6. The van der Waals surface area contributed by atoms with Crippen LogP contribution in [0.3, 0.4) is 0 Å². The van der Waals surface area contributed by atoms with Gasteiger partial charge in [-0.05, 0) is 12.1 Å². The molecule has 0 atom stereocenters. The van der Waals surface area contributed by atoms with Crippen molar-refractivity contribution < 1.29 is 4.92 Å². The fourth-order valence-corrected chi connectivity index (χ4v) is 2.15. The van der Waals surface area contributed by atoms with Crippen molar-refractivity contribution >= 4 is 11.4 Å². The third-order valence-electron chi connectivity index (χ3n) is 3.16. The van der Waals surface area contributed by atoms with E-state index >= 15 is 0 Å². The van der Waals surface area contributed by atoms with Crippen LogP contribution in [0.2, 0.25) is 0 Å². The van der Waals surface area contributed by atoms with E-state index in [1.165, 1.54) is 6.07 Å². The van der Waals surface area contributed by atoms with Crippen LogP contribution in [0.15, 0.2) is 54.6 Å². The van der Waals surface area contributed by atoms with Crippen LogP contribution in [0.4, 0.5) is 11.4 Å². The van der Waals surface area contributed by atoms with Gasteiger partial charge in [0.2, 0.25) is 0 Å². The standard InChI is InChI=1S/C16H15N3O2/c17-11-6-12-18(15-8-2-1-3-9-15)13-14-7-4-5-10-16(14)19(20)21/h1-5,7-10H,6,12-13H2. The molecule has 2 rings (SSSR count). The second-order valence-electron chi connectivity index (χ2n) is 4.55. The molecule has 0 radical (unpaired) electrons. The van der Waals surface area contributed by atoms with Crippen molar-refractivity contribution in [2.24, 2.45) is 0 Å². The minimum Gasteiger partial charge on any atom is -0.366 e.